The van der Waals surface area contributed by atoms with E-state index in [0.717, 1.165) is 5.82 Å². The van der Waals surface area contributed by atoms with E-state index >= 15 is 0 Å². The molecule has 0 saturated carbocycles. The van der Waals surface area contributed by atoms with E-state index in [1.54, 1.807) is 36.9 Å². The van der Waals surface area contributed by atoms with Gasteiger partial charge in [-0.3, -0.25) is 9.98 Å². The zero-order valence-corrected chi connectivity index (χ0v) is 6.60. The predicted molar refractivity (Wildman–Crippen MR) is 44.9 cm³/mol. The maximum absolute atomic E-state index is 4.07. The molecule has 0 bridgehead atoms. The van der Waals surface area contributed by atoms with Crippen LogP contribution in [-0.4, -0.2) is 30.4 Å². The Hall–Kier alpha value is -1.45. The van der Waals surface area contributed by atoms with Crippen molar-refractivity contribution in [3.8, 4) is 0 Å². The molecular weight excluding hydrogens is 140 g/mol. The van der Waals surface area contributed by atoms with Gasteiger partial charge in [-0.05, 0) is 0 Å². The molecule has 0 aliphatic rings. The van der Waals surface area contributed by atoms with Gasteiger partial charge in [-0.25, -0.2) is 4.98 Å². The monoisotopic (exact) mass is 150 g/mol. The second-order valence-electron chi connectivity index (χ2n) is 2.05. The van der Waals surface area contributed by atoms with Crippen molar-refractivity contribution in [2.45, 2.75) is 0 Å². The first-order valence-corrected chi connectivity index (χ1v) is 3.25. The summed E-state index contributed by atoms with van der Waals surface area (Å²) in [5.41, 5.74) is 0. The summed E-state index contributed by atoms with van der Waals surface area (Å²) in [6.07, 6.45) is 6.65. The van der Waals surface area contributed by atoms with Gasteiger partial charge in [0.05, 0.1) is 12.5 Å². The van der Waals surface area contributed by atoms with Crippen LogP contribution in [0.3, 0.4) is 0 Å². The molecule has 0 aromatic carbocycles. The highest BCUT2D eigenvalue weighted by molar-refractivity contribution is 5.75. The van der Waals surface area contributed by atoms with E-state index in [9.17, 15) is 0 Å². The Morgan fingerprint density at radius 2 is 2.36 bits per heavy atom. The van der Waals surface area contributed by atoms with Crippen molar-refractivity contribution in [2.75, 3.05) is 19.0 Å². The molecule has 1 aromatic heterocycles. The Labute approximate surface area is 65.6 Å². The molecule has 0 amide bonds. The van der Waals surface area contributed by atoms with Crippen LogP contribution >= 0.6 is 0 Å². The van der Waals surface area contributed by atoms with Crippen molar-refractivity contribution in [1.29, 1.82) is 0 Å². The molecule has 11 heavy (non-hydrogen) atoms. The Morgan fingerprint density at radius 3 is 2.91 bits per heavy atom. The molecular formula is C7H10N4. The largest absolute Gasteiger partial charge is 0.319 e. The molecule has 1 heterocycles. The molecule has 0 aliphatic carbocycles. The third kappa shape index (κ3) is 2.00. The highest BCUT2D eigenvalue weighted by Gasteiger charge is 1.95. The van der Waals surface area contributed by atoms with Crippen molar-refractivity contribution in [2.24, 2.45) is 4.99 Å². The van der Waals surface area contributed by atoms with Gasteiger partial charge < -0.3 is 4.90 Å². The first kappa shape index (κ1) is 7.65. The molecule has 58 valence electrons. The average Bonchev–Trinajstić information content (AvgIpc) is 2.07. The molecule has 0 unspecified atom stereocenters. The minimum Gasteiger partial charge on any atom is -0.319 e. The van der Waals surface area contributed by atoms with Crippen molar-refractivity contribution in [1.82, 2.24) is 9.97 Å². The van der Waals surface area contributed by atoms with Crippen LogP contribution < -0.4 is 4.90 Å². The minimum absolute atomic E-state index is 0.790. The summed E-state index contributed by atoms with van der Waals surface area (Å²) < 4.78 is 0. The van der Waals surface area contributed by atoms with Crippen LogP contribution in [0.5, 0.6) is 0 Å². The van der Waals surface area contributed by atoms with Gasteiger partial charge in [-0.2, -0.15) is 0 Å². The number of rotatable bonds is 2. The summed E-state index contributed by atoms with van der Waals surface area (Å²) >= 11 is 0. The van der Waals surface area contributed by atoms with E-state index in [-0.39, 0.29) is 0 Å². The molecule has 0 N–H and O–H groups in total. The first-order valence-electron chi connectivity index (χ1n) is 3.25. The number of nitrogens with zero attached hydrogens (tertiary/aromatic N) is 4. The predicted octanol–water partition coefficient (Wildman–Crippen LogP) is 0.571. The number of anilines is 1. The van der Waals surface area contributed by atoms with Crippen molar-refractivity contribution in [3.63, 3.8) is 0 Å². The minimum atomic E-state index is 0.790. The van der Waals surface area contributed by atoms with Crippen molar-refractivity contribution < 1.29 is 0 Å². The van der Waals surface area contributed by atoms with Crippen LogP contribution in [0.1, 0.15) is 0 Å². The van der Waals surface area contributed by atoms with Crippen LogP contribution in [0.4, 0.5) is 5.82 Å². The summed E-state index contributed by atoms with van der Waals surface area (Å²) in [6, 6.07) is 0. The number of hydrogen-bond acceptors (Lipinski definition) is 3. The lowest BCUT2D eigenvalue weighted by atomic mass is 10.6. The second-order valence-corrected chi connectivity index (χ2v) is 2.05. The molecule has 1 aromatic rings. The molecule has 0 radical (unpaired) electrons. The van der Waals surface area contributed by atoms with Gasteiger partial charge in [0.1, 0.15) is 0 Å². The number of aliphatic imine (C=N–C) groups is 1. The maximum atomic E-state index is 4.07. The molecule has 0 aliphatic heterocycles. The number of hydrogen-bond donors (Lipinski definition) is 0. The lowest BCUT2D eigenvalue weighted by Crippen LogP contribution is -2.15. The summed E-state index contributed by atoms with van der Waals surface area (Å²) in [5.74, 6) is 0.790. The van der Waals surface area contributed by atoms with Gasteiger partial charge in [0.25, 0.3) is 0 Å². The molecule has 4 heteroatoms. The first-order chi connectivity index (χ1) is 5.34. The zero-order valence-electron chi connectivity index (χ0n) is 6.60. The molecule has 0 fully saturated rings. The van der Waals surface area contributed by atoms with E-state index in [1.165, 1.54) is 0 Å². The van der Waals surface area contributed by atoms with Crippen LogP contribution in [0.2, 0.25) is 0 Å². The quantitative estimate of drug-likeness (QED) is 0.457. The van der Waals surface area contributed by atoms with E-state index in [1.807, 2.05) is 7.05 Å². The summed E-state index contributed by atoms with van der Waals surface area (Å²) in [6.45, 7) is 0. The molecule has 0 spiro atoms. The van der Waals surface area contributed by atoms with Gasteiger partial charge in [-0.1, -0.05) is 0 Å². The normalized spacial score (nSPS) is 10.4. The number of aromatic nitrogens is 2. The Balaban J connectivity index is 2.76. The van der Waals surface area contributed by atoms with Gasteiger partial charge in [-0.15, -0.1) is 0 Å². The van der Waals surface area contributed by atoms with Gasteiger partial charge in [0.15, 0.2) is 5.82 Å². The molecule has 4 nitrogen and oxygen atoms in total. The summed E-state index contributed by atoms with van der Waals surface area (Å²) in [4.78, 5) is 13.6. The van der Waals surface area contributed by atoms with Gasteiger partial charge in [0.2, 0.25) is 0 Å². The van der Waals surface area contributed by atoms with Gasteiger partial charge in [0, 0.05) is 26.5 Å². The standard InChI is InChI=1S/C7H10N4/c1-8-6-11(2)7-5-9-3-4-10-7/h3-6H,1-2H3. The molecule has 0 atom stereocenters. The van der Waals surface area contributed by atoms with Crippen LogP contribution in [0.25, 0.3) is 0 Å². The second kappa shape index (κ2) is 3.65. The molecule has 0 saturated heterocycles. The van der Waals surface area contributed by atoms with E-state index in [0.29, 0.717) is 0 Å². The average molecular weight is 150 g/mol. The van der Waals surface area contributed by atoms with Crippen LogP contribution in [-0.2, 0) is 0 Å². The third-order valence-electron chi connectivity index (χ3n) is 1.20. The molecule has 1 rings (SSSR count). The Bertz CT molecular complexity index is 231. The fourth-order valence-corrected chi connectivity index (χ4v) is 0.706. The lowest BCUT2D eigenvalue weighted by Gasteiger charge is -2.09. The van der Waals surface area contributed by atoms with Crippen LogP contribution in [0.15, 0.2) is 23.6 Å². The van der Waals surface area contributed by atoms with E-state index < -0.39 is 0 Å². The third-order valence-corrected chi connectivity index (χ3v) is 1.20. The smallest absolute Gasteiger partial charge is 0.151 e. The van der Waals surface area contributed by atoms with Crippen molar-refractivity contribution >= 4 is 12.2 Å². The van der Waals surface area contributed by atoms with Crippen molar-refractivity contribution in [3.05, 3.63) is 18.6 Å². The van der Waals surface area contributed by atoms with Crippen LogP contribution in [0, 0.1) is 0 Å². The van der Waals surface area contributed by atoms with E-state index in [4.69, 9.17) is 0 Å². The fourth-order valence-electron chi connectivity index (χ4n) is 0.706. The Morgan fingerprint density at radius 1 is 1.55 bits per heavy atom. The summed E-state index contributed by atoms with van der Waals surface area (Å²) in [7, 11) is 3.59. The van der Waals surface area contributed by atoms with E-state index in [2.05, 4.69) is 15.0 Å². The highest BCUT2D eigenvalue weighted by atomic mass is 15.2. The SMILES string of the molecule is CN=CN(C)c1cnccn1. The lowest BCUT2D eigenvalue weighted by molar-refractivity contribution is 1.12. The zero-order chi connectivity index (χ0) is 8.10. The summed E-state index contributed by atoms with van der Waals surface area (Å²) in [5, 5.41) is 0. The topological polar surface area (TPSA) is 41.4 Å². The maximum Gasteiger partial charge on any atom is 0.151 e. The highest BCUT2D eigenvalue weighted by Crippen LogP contribution is 2.00. The van der Waals surface area contributed by atoms with Gasteiger partial charge >= 0.3 is 0 Å². The Kier molecular flexibility index (Phi) is 2.54. The fraction of sp³-hybridized carbons (Fsp3) is 0.286.